The Labute approximate surface area is 122 Å². The lowest BCUT2D eigenvalue weighted by Gasteiger charge is -2.26. The molecule has 1 amide bonds. The summed E-state index contributed by atoms with van der Waals surface area (Å²) in [4.78, 5) is 11.9. The van der Waals surface area contributed by atoms with E-state index in [9.17, 15) is 9.90 Å². The average Bonchev–Trinajstić information content (AvgIpc) is 2.37. The molecule has 1 aliphatic carbocycles. The first-order valence-electron chi connectivity index (χ1n) is 6.46. The lowest BCUT2D eigenvalue weighted by atomic mass is 9.93. The third-order valence-electron chi connectivity index (χ3n) is 3.41. The van der Waals surface area contributed by atoms with Gasteiger partial charge in [0, 0.05) is 6.04 Å². The van der Waals surface area contributed by atoms with Gasteiger partial charge in [-0.15, -0.1) is 0 Å². The van der Waals surface area contributed by atoms with E-state index in [1.165, 1.54) is 0 Å². The van der Waals surface area contributed by atoms with E-state index < -0.39 is 0 Å². The first-order chi connectivity index (χ1) is 9.04. The van der Waals surface area contributed by atoms with Crippen molar-refractivity contribution in [3.63, 3.8) is 0 Å². The van der Waals surface area contributed by atoms with Gasteiger partial charge in [0.15, 0.2) is 0 Å². The Balaban J connectivity index is 1.85. The molecule has 1 aromatic rings. The van der Waals surface area contributed by atoms with Crippen LogP contribution in [0.15, 0.2) is 18.2 Å². The highest BCUT2D eigenvalue weighted by atomic mass is 35.5. The second-order valence-corrected chi connectivity index (χ2v) is 5.81. The molecule has 0 heterocycles. The molecule has 0 bridgehead atoms. The zero-order valence-corrected chi connectivity index (χ0v) is 12.0. The second kappa shape index (κ2) is 6.60. The molecule has 2 N–H and O–H groups in total. The number of hydrogen-bond acceptors (Lipinski definition) is 2. The van der Waals surface area contributed by atoms with Crippen molar-refractivity contribution in [1.29, 1.82) is 0 Å². The van der Waals surface area contributed by atoms with Crippen LogP contribution in [0.3, 0.4) is 0 Å². The van der Waals surface area contributed by atoms with Crippen molar-refractivity contribution in [3.05, 3.63) is 33.8 Å². The number of aliphatic hydroxyl groups excluding tert-OH is 1. The van der Waals surface area contributed by atoms with E-state index in [-0.39, 0.29) is 18.1 Å². The number of aliphatic hydroxyl groups is 1. The molecule has 0 radical (unpaired) electrons. The molecular weight excluding hydrogens is 285 g/mol. The van der Waals surface area contributed by atoms with Crippen LogP contribution >= 0.6 is 23.2 Å². The quantitative estimate of drug-likeness (QED) is 0.902. The highest BCUT2D eigenvalue weighted by Crippen LogP contribution is 2.23. The van der Waals surface area contributed by atoms with Gasteiger partial charge in [0.05, 0.1) is 22.6 Å². The minimum atomic E-state index is -0.205. The van der Waals surface area contributed by atoms with Gasteiger partial charge in [0.25, 0.3) is 0 Å². The normalized spacial score (nSPS) is 23.1. The summed E-state index contributed by atoms with van der Waals surface area (Å²) in [6.45, 7) is 0. The molecule has 1 aliphatic rings. The molecule has 1 saturated carbocycles. The maximum atomic E-state index is 11.9. The summed E-state index contributed by atoms with van der Waals surface area (Å²) in [5, 5.41) is 13.4. The topological polar surface area (TPSA) is 49.3 Å². The number of nitrogens with one attached hydrogen (secondary N) is 1. The van der Waals surface area contributed by atoms with Crippen molar-refractivity contribution in [2.75, 3.05) is 0 Å². The lowest BCUT2D eigenvalue weighted by Crippen LogP contribution is -2.39. The Morgan fingerprint density at radius 1 is 1.21 bits per heavy atom. The van der Waals surface area contributed by atoms with Crippen LogP contribution in [0.25, 0.3) is 0 Å². The molecule has 0 aromatic heterocycles. The predicted molar refractivity (Wildman–Crippen MR) is 76.6 cm³/mol. The summed E-state index contributed by atoms with van der Waals surface area (Å²) in [5.41, 5.74) is 0.850. The third kappa shape index (κ3) is 4.37. The molecule has 19 heavy (non-hydrogen) atoms. The van der Waals surface area contributed by atoms with Crippen LogP contribution in [0.2, 0.25) is 10.0 Å². The van der Waals surface area contributed by atoms with Crippen LogP contribution < -0.4 is 5.32 Å². The molecule has 0 atom stereocenters. The average molecular weight is 302 g/mol. The SMILES string of the molecule is O=C(Cc1ccc(Cl)c(Cl)c1)NC1CCC(O)CC1. The second-order valence-electron chi connectivity index (χ2n) is 5.00. The summed E-state index contributed by atoms with van der Waals surface area (Å²) in [6.07, 6.45) is 3.30. The first-order valence-corrected chi connectivity index (χ1v) is 7.21. The Morgan fingerprint density at radius 2 is 1.89 bits per heavy atom. The largest absolute Gasteiger partial charge is 0.393 e. The molecule has 1 aromatic carbocycles. The summed E-state index contributed by atoms with van der Waals surface area (Å²) in [7, 11) is 0. The van der Waals surface area contributed by atoms with Crippen molar-refractivity contribution in [1.82, 2.24) is 5.32 Å². The molecule has 5 heteroatoms. The fourth-order valence-corrected chi connectivity index (χ4v) is 2.65. The number of hydrogen-bond donors (Lipinski definition) is 2. The van der Waals surface area contributed by atoms with Crippen LogP contribution in [0.4, 0.5) is 0 Å². The number of rotatable bonds is 3. The van der Waals surface area contributed by atoms with Crippen LogP contribution in [0.5, 0.6) is 0 Å². The van der Waals surface area contributed by atoms with Gasteiger partial charge >= 0.3 is 0 Å². The summed E-state index contributed by atoms with van der Waals surface area (Å²) >= 11 is 11.7. The minimum absolute atomic E-state index is 0.0141. The van der Waals surface area contributed by atoms with Gasteiger partial charge in [-0.3, -0.25) is 4.79 Å². The van der Waals surface area contributed by atoms with Crippen molar-refractivity contribution in [2.24, 2.45) is 0 Å². The third-order valence-corrected chi connectivity index (χ3v) is 4.15. The number of amides is 1. The van der Waals surface area contributed by atoms with Gasteiger partial charge in [-0.2, -0.15) is 0 Å². The smallest absolute Gasteiger partial charge is 0.224 e. The number of carbonyl (C=O) groups is 1. The number of carbonyl (C=O) groups excluding carboxylic acids is 1. The number of benzene rings is 1. The van der Waals surface area contributed by atoms with Crippen molar-refractivity contribution >= 4 is 29.1 Å². The highest BCUT2D eigenvalue weighted by Gasteiger charge is 2.20. The van der Waals surface area contributed by atoms with Crippen LogP contribution in [0.1, 0.15) is 31.2 Å². The molecule has 2 rings (SSSR count). The van der Waals surface area contributed by atoms with Crippen molar-refractivity contribution in [3.8, 4) is 0 Å². The predicted octanol–water partition coefficient (Wildman–Crippen LogP) is 2.96. The van der Waals surface area contributed by atoms with E-state index in [0.717, 1.165) is 31.2 Å². The first kappa shape index (κ1) is 14.6. The molecule has 1 fully saturated rings. The van der Waals surface area contributed by atoms with E-state index in [4.69, 9.17) is 23.2 Å². The fourth-order valence-electron chi connectivity index (χ4n) is 2.33. The lowest BCUT2D eigenvalue weighted by molar-refractivity contribution is -0.121. The standard InChI is InChI=1S/C14H17Cl2NO2/c15-12-6-1-9(7-13(12)16)8-14(19)17-10-2-4-11(18)5-3-10/h1,6-7,10-11,18H,2-5,8H2,(H,17,19). The van der Waals surface area contributed by atoms with Gasteiger partial charge in [-0.25, -0.2) is 0 Å². The molecule has 3 nitrogen and oxygen atoms in total. The molecule has 0 aliphatic heterocycles. The zero-order valence-electron chi connectivity index (χ0n) is 10.5. The fraction of sp³-hybridized carbons (Fsp3) is 0.500. The maximum absolute atomic E-state index is 11.9. The Bertz CT molecular complexity index is 457. The van der Waals surface area contributed by atoms with Crippen LogP contribution in [-0.2, 0) is 11.2 Å². The number of halogens is 2. The Kier molecular flexibility index (Phi) is 5.08. The van der Waals surface area contributed by atoms with E-state index in [0.29, 0.717) is 16.5 Å². The summed E-state index contributed by atoms with van der Waals surface area (Å²) in [5.74, 6) is -0.0141. The summed E-state index contributed by atoms with van der Waals surface area (Å²) < 4.78 is 0. The Morgan fingerprint density at radius 3 is 2.53 bits per heavy atom. The van der Waals surface area contributed by atoms with E-state index in [1.54, 1.807) is 18.2 Å². The highest BCUT2D eigenvalue weighted by molar-refractivity contribution is 6.42. The van der Waals surface area contributed by atoms with Gasteiger partial charge < -0.3 is 10.4 Å². The minimum Gasteiger partial charge on any atom is -0.393 e. The van der Waals surface area contributed by atoms with Crippen molar-refractivity contribution < 1.29 is 9.90 Å². The monoisotopic (exact) mass is 301 g/mol. The zero-order chi connectivity index (χ0) is 13.8. The molecule has 0 saturated heterocycles. The van der Waals surface area contributed by atoms with E-state index >= 15 is 0 Å². The molecule has 0 unspecified atom stereocenters. The maximum Gasteiger partial charge on any atom is 0.224 e. The van der Waals surface area contributed by atoms with Crippen molar-refractivity contribution in [2.45, 2.75) is 44.2 Å². The Hall–Kier alpha value is -0.770. The van der Waals surface area contributed by atoms with Gasteiger partial charge in [-0.05, 0) is 43.4 Å². The molecular formula is C14H17Cl2NO2. The molecule has 104 valence electrons. The van der Waals surface area contributed by atoms with Gasteiger partial charge in [0.2, 0.25) is 5.91 Å². The van der Waals surface area contributed by atoms with Gasteiger partial charge in [-0.1, -0.05) is 29.3 Å². The summed E-state index contributed by atoms with van der Waals surface area (Å²) in [6, 6.07) is 5.40. The van der Waals surface area contributed by atoms with Gasteiger partial charge in [0.1, 0.15) is 0 Å². The molecule has 0 spiro atoms. The van der Waals surface area contributed by atoms with E-state index in [2.05, 4.69) is 5.32 Å². The van der Waals surface area contributed by atoms with Crippen LogP contribution in [0, 0.1) is 0 Å². The van der Waals surface area contributed by atoms with Crippen LogP contribution in [-0.4, -0.2) is 23.2 Å². The van der Waals surface area contributed by atoms with E-state index in [1.807, 2.05) is 0 Å².